The number of rotatable bonds is 6. The maximum Gasteiger partial charge on any atom is 0.263 e. The van der Waals surface area contributed by atoms with Crippen LogP contribution in [0.1, 0.15) is 45.8 Å². The molecule has 0 saturated carbocycles. The van der Waals surface area contributed by atoms with Gasteiger partial charge in [-0.05, 0) is 6.92 Å². The SMILES string of the molecule is Cc1nc(N2CCOCC2)sc1C(=O)NCCc1csc(C(C)C)n1. The van der Waals surface area contributed by atoms with E-state index in [1.807, 2.05) is 6.92 Å². The summed E-state index contributed by atoms with van der Waals surface area (Å²) in [5.74, 6) is 0.403. The number of ether oxygens (including phenoxy) is 1. The van der Waals surface area contributed by atoms with E-state index in [9.17, 15) is 4.79 Å². The molecule has 0 atom stereocenters. The minimum Gasteiger partial charge on any atom is -0.378 e. The van der Waals surface area contributed by atoms with E-state index in [0.29, 0.717) is 30.6 Å². The van der Waals surface area contributed by atoms with Gasteiger partial charge < -0.3 is 15.0 Å². The highest BCUT2D eigenvalue weighted by Crippen LogP contribution is 2.26. The number of carbonyl (C=O) groups is 1. The van der Waals surface area contributed by atoms with Gasteiger partial charge in [-0.25, -0.2) is 9.97 Å². The summed E-state index contributed by atoms with van der Waals surface area (Å²) in [5, 5.41) is 7.13. The van der Waals surface area contributed by atoms with Gasteiger partial charge in [0.1, 0.15) is 4.88 Å². The predicted octanol–water partition coefficient (Wildman–Crippen LogP) is 2.84. The Kier molecular flexibility index (Phi) is 6.03. The Bertz CT molecular complexity index is 720. The van der Waals surface area contributed by atoms with Gasteiger partial charge in [0, 0.05) is 37.4 Å². The van der Waals surface area contributed by atoms with Crippen molar-refractivity contribution >= 4 is 33.7 Å². The third kappa shape index (κ3) is 4.56. The topological polar surface area (TPSA) is 67.4 Å². The van der Waals surface area contributed by atoms with Gasteiger partial charge in [0.25, 0.3) is 5.91 Å². The largest absolute Gasteiger partial charge is 0.378 e. The van der Waals surface area contributed by atoms with Crippen molar-refractivity contribution in [1.29, 1.82) is 0 Å². The zero-order valence-electron chi connectivity index (χ0n) is 14.9. The first-order chi connectivity index (χ1) is 12.0. The van der Waals surface area contributed by atoms with E-state index < -0.39 is 0 Å². The molecule has 25 heavy (non-hydrogen) atoms. The molecule has 1 N–H and O–H groups in total. The van der Waals surface area contributed by atoms with Crippen molar-refractivity contribution in [3.05, 3.63) is 26.7 Å². The molecule has 0 radical (unpaired) electrons. The predicted molar refractivity (Wildman–Crippen MR) is 102 cm³/mol. The highest BCUT2D eigenvalue weighted by Gasteiger charge is 2.20. The summed E-state index contributed by atoms with van der Waals surface area (Å²) in [5.41, 5.74) is 1.84. The van der Waals surface area contributed by atoms with E-state index >= 15 is 0 Å². The van der Waals surface area contributed by atoms with E-state index in [1.54, 1.807) is 11.3 Å². The van der Waals surface area contributed by atoms with Crippen molar-refractivity contribution in [3.8, 4) is 0 Å². The standard InChI is InChI=1S/C17H24N4O2S2/c1-11(2)16-20-13(10-24-16)4-5-18-15(22)14-12(3)19-17(25-14)21-6-8-23-9-7-21/h10-11H,4-9H2,1-3H3,(H,18,22). The zero-order valence-corrected chi connectivity index (χ0v) is 16.5. The van der Waals surface area contributed by atoms with Crippen LogP contribution < -0.4 is 10.2 Å². The lowest BCUT2D eigenvalue weighted by atomic mass is 10.2. The Morgan fingerprint density at radius 2 is 2.12 bits per heavy atom. The molecule has 1 fully saturated rings. The fourth-order valence-corrected chi connectivity index (χ4v) is 4.47. The van der Waals surface area contributed by atoms with E-state index in [-0.39, 0.29) is 5.91 Å². The van der Waals surface area contributed by atoms with E-state index in [2.05, 4.69) is 39.4 Å². The number of aromatic nitrogens is 2. The first-order valence-corrected chi connectivity index (χ1v) is 10.3. The van der Waals surface area contributed by atoms with Crippen molar-refractivity contribution in [3.63, 3.8) is 0 Å². The lowest BCUT2D eigenvalue weighted by Crippen LogP contribution is -2.36. The Hall–Kier alpha value is -1.51. The van der Waals surface area contributed by atoms with Crippen molar-refractivity contribution in [2.45, 2.75) is 33.1 Å². The highest BCUT2D eigenvalue weighted by atomic mass is 32.1. The number of thiazole rings is 2. The summed E-state index contributed by atoms with van der Waals surface area (Å²) in [4.78, 5) is 24.5. The smallest absolute Gasteiger partial charge is 0.263 e. The molecule has 3 rings (SSSR count). The fraction of sp³-hybridized carbons (Fsp3) is 0.588. The summed E-state index contributed by atoms with van der Waals surface area (Å²) in [7, 11) is 0. The molecule has 0 unspecified atom stereocenters. The van der Waals surface area contributed by atoms with E-state index in [0.717, 1.165) is 41.0 Å². The molecule has 0 aliphatic carbocycles. The van der Waals surface area contributed by atoms with Crippen molar-refractivity contribution in [2.24, 2.45) is 0 Å². The Morgan fingerprint density at radius 3 is 2.80 bits per heavy atom. The summed E-state index contributed by atoms with van der Waals surface area (Å²) in [6, 6.07) is 0. The molecular formula is C17H24N4O2S2. The molecule has 1 aliphatic rings. The van der Waals surface area contributed by atoms with Gasteiger partial charge >= 0.3 is 0 Å². The van der Waals surface area contributed by atoms with Crippen LogP contribution >= 0.6 is 22.7 Å². The average Bonchev–Trinajstić information content (AvgIpc) is 3.22. The number of hydrogen-bond donors (Lipinski definition) is 1. The number of amides is 1. The van der Waals surface area contributed by atoms with Gasteiger partial charge in [0.2, 0.25) is 0 Å². The first kappa shape index (κ1) is 18.3. The quantitative estimate of drug-likeness (QED) is 0.835. The second kappa shape index (κ2) is 8.25. The molecule has 0 aromatic carbocycles. The summed E-state index contributed by atoms with van der Waals surface area (Å²) >= 11 is 3.15. The van der Waals surface area contributed by atoms with E-state index in [1.165, 1.54) is 11.3 Å². The number of hydrogen-bond acceptors (Lipinski definition) is 7. The van der Waals surface area contributed by atoms with Gasteiger partial charge in [-0.15, -0.1) is 11.3 Å². The Balaban J connectivity index is 1.54. The van der Waals surface area contributed by atoms with Gasteiger partial charge in [-0.1, -0.05) is 25.2 Å². The lowest BCUT2D eigenvalue weighted by molar-refractivity contribution is 0.0957. The van der Waals surface area contributed by atoms with Gasteiger partial charge in [0.05, 0.1) is 29.6 Å². The monoisotopic (exact) mass is 380 g/mol. The highest BCUT2D eigenvalue weighted by molar-refractivity contribution is 7.17. The molecule has 1 aliphatic heterocycles. The molecule has 2 aromatic heterocycles. The van der Waals surface area contributed by atoms with Crippen LogP contribution in [-0.4, -0.2) is 48.7 Å². The zero-order chi connectivity index (χ0) is 17.8. The molecule has 0 spiro atoms. The van der Waals surface area contributed by atoms with Crippen LogP contribution in [0, 0.1) is 6.92 Å². The van der Waals surface area contributed by atoms with Gasteiger partial charge in [-0.2, -0.15) is 0 Å². The summed E-state index contributed by atoms with van der Waals surface area (Å²) in [6.07, 6.45) is 0.753. The van der Waals surface area contributed by atoms with Crippen LogP contribution in [-0.2, 0) is 11.2 Å². The molecule has 0 bridgehead atoms. The van der Waals surface area contributed by atoms with Crippen LogP contribution in [0.2, 0.25) is 0 Å². The number of anilines is 1. The minimum atomic E-state index is -0.0474. The fourth-order valence-electron chi connectivity index (χ4n) is 2.57. The minimum absolute atomic E-state index is 0.0474. The number of morpholine rings is 1. The van der Waals surface area contributed by atoms with Crippen LogP contribution in [0.5, 0.6) is 0 Å². The number of nitrogens with zero attached hydrogens (tertiary/aromatic N) is 3. The van der Waals surface area contributed by atoms with Crippen molar-refractivity contribution < 1.29 is 9.53 Å². The normalized spacial score (nSPS) is 15.0. The molecule has 2 aromatic rings. The van der Waals surface area contributed by atoms with Crippen LogP contribution in [0.25, 0.3) is 0 Å². The maximum atomic E-state index is 12.5. The van der Waals surface area contributed by atoms with E-state index in [4.69, 9.17) is 4.74 Å². The lowest BCUT2D eigenvalue weighted by Gasteiger charge is -2.25. The Labute approximate surface area is 156 Å². The molecule has 8 heteroatoms. The van der Waals surface area contributed by atoms with Gasteiger partial charge in [0.15, 0.2) is 5.13 Å². The Morgan fingerprint density at radius 1 is 1.36 bits per heavy atom. The van der Waals surface area contributed by atoms with Crippen molar-refractivity contribution in [1.82, 2.24) is 15.3 Å². The van der Waals surface area contributed by atoms with Crippen LogP contribution in [0.15, 0.2) is 5.38 Å². The van der Waals surface area contributed by atoms with Crippen molar-refractivity contribution in [2.75, 3.05) is 37.7 Å². The number of nitrogens with one attached hydrogen (secondary N) is 1. The molecule has 3 heterocycles. The third-order valence-electron chi connectivity index (χ3n) is 4.00. The number of carbonyl (C=O) groups excluding carboxylic acids is 1. The van der Waals surface area contributed by atoms with Gasteiger partial charge in [-0.3, -0.25) is 4.79 Å². The summed E-state index contributed by atoms with van der Waals surface area (Å²) in [6.45, 7) is 9.85. The summed E-state index contributed by atoms with van der Waals surface area (Å²) < 4.78 is 5.37. The maximum absolute atomic E-state index is 12.5. The first-order valence-electron chi connectivity index (χ1n) is 8.57. The second-order valence-corrected chi connectivity index (χ2v) is 8.22. The molecule has 136 valence electrons. The molecule has 6 nitrogen and oxygen atoms in total. The number of aryl methyl sites for hydroxylation is 1. The van der Waals surface area contributed by atoms with Crippen LogP contribution in [0.4, 0.5) is 5.13 Å². The molecule has 1 amide bonds. The average molecular weight is 381 g/mol. The molecular weight excluding hydrogens is 356 g/mol. The molecule has 1 saturated heterocycles. The third-order valence-corrected chi connectivity index (χ3v) is 6.41. The van der Waals surface area contributed by atoms with Crippen LogP contribution in [0.3, 0.4) is 0 Å². The second-order valence-electron chi connectivity index (χ2n) is 6.35.